The zero-order valence-electron chi connectivity index (χ0n) is 12.6. The van der Waals surface area contributed by atoms with Crippen LogP contribution in [0.15, 0.2) is 6.20 Å². The van der Waals surface area contributed by atoms with Crippen molar-refractivity contribution in [1.82, 2.24) is 15.2 Å². The molecule has 1 aromatic rings. The molecule has 0 atom stereocenters. The molecule has 1 saturated carbocycles. The molecule has 4 nitrogen and oxygen atoms in total. The van der Waals surface area contributed by atoms with Crippen molar-refractivity contribution in [3.63, 3.8) is 0 Å². The summed E-state index contributed by atoms with van der Waals surface area (Å²) in [5.41, 5.74) is 0. The van der Waals surface area contributed by atoms with E-state index in [1.165, 1.54) is 42.5 Å². The second-order valence-corrected chi connectivity index (χ2v) is 7.47. The van der Waals surface area contributed by atoms with Crippen LogP contribution < -0.4 is 10.2 Å². The third-order valence-electron chi connectivity index (χ3n) is 4.08. The maximum atomic E-state index is 4.60. The normalized spacial score (nSPS) is 20.9. The molecular formula is C15H26N4S. The number of rotatable bonds is 6. The van der Waals surface area contributed by atoms with Crippen molar-refractivity contribution in [3.05, 3.63) is 11.1 Å². The summed E-state index contributed by atoms with van der Waals surface area (Å²) in [7, 11) is 0. The van der Waals surface area contributed by atoms with Gasteiger partial charge < -0.3 is 10.2 Å². The molecule has 2 aliphatic rings. The second-order valence-electron chi connectivity index (χ2n) is 6.38. The van der Waals surface area contributed by atoms with Crippen molar-refractivity contribution >= 4 is 16.5 Å². The maximum absolute atomic E-state index is 4.60. The van der Waals surface area contributed by atoms with E-state index in [2.05, 4.69) is 33.9 Å². The summed E-state index contributed by atoms with van der Waals surface area (Å²) in [6.07, 6.45) is 4.95. The minimum atomic E-state index is 0.534. The summed E-state index contributed by atoms with van der Waals surface area (Å²) in [6.45, 7) is 11.3. The Bertz CT molecular complexity index is 419. The van der Waals surface area contributed by atoms with Gasteiger partial charge in [0.05, 0.1) is 0 Å². The molecule has 2 heterocycles. The van der Waals surface area contributed by atoms with E-state index in [0.717, 1.165) is 25.6 Å². The highest BCUT2D eigenvalue weighted by Crippen LogP contribution is 2.30. The second kappa shape index (κ2) is 6.41. The Balaban J connectivity index is 1.47. The van der Waals surface area contributed by atoms with E-state index in [4.69, 9.17) is 0 Å². The first-order valence-electron chi connectivity index (χ1n) is 7.86. The van der Waals surface area contributed by atoms with Gasteiger partial charge in [-0.05, 0) is 18.8 Å². The Morgan fingerprint density at radius 3 is 2.70 bits per heavy atom. The first kappa shape index (κ1) is 14.3. The van der Waals surface area contributed by atoms with Gasteiger partial charge in [0.1, 0.15) is 0 Å². The van der Waals surface area contributed by atoms with Crippen molar-refractivity contribution in [2.45, 2.75) is 39.3 Å². The molecule has 5 heteroatoms. The highest BCUT2D eigenvalue weighted by atomic mass is 32.1. The maximum Gasteiger partial charge on any atom is 0.185 e. The Morgan fingerprint density at radius 2 is 2.05 bits per heavy atom. The summed E-state index contributed by atoms with van der Waals surface area (Å²) in [6, 6.07) is 0.534. The average Bonchev–Trinajstić information content (AvgIpc) is 3.12. The molecule has 1 saturated heterocycles. The molecule has 0 radical (unpaired) electrons. The molecule has 20 heavy (non-hydrogen) atoms. The highest BCUT2D eigenvalue weighted by Gasteiger charge is 2.26. The fraction of sp³-hybridized carbons (Fsp3) is 0.800. The van der Waals surface area contributed by atoms with Gasteiger partial charge in [0.25, 0.3) is 0 Å². The SMILES string of the molecule is CC(C)NCc1cnc(N2CCN(CC3CC3)CC2)s1. The smallest absolute Gasteiger partial charge is 0.185 e. The first-order chi connectivity index (χ1) is 9.70. The Labute approximate surface area is 126 Å². The number of hydrogen-bond donors (Lipinski definition) is 1. The van der Waals surface area contributed by atoms with Crippen LogP contribution in [0.3, 0.4) is 0 Å². The van der Waals surface area contributed by atoms with E-state index in [9.17, 15) is 0 Å². The fourth-order valence-electron chi connectivity index (χ4n) is 2.62. The lowest BCUT2D eigenvalue weighted by atomic mass is 10.3. The molecule has 1 aliphatic carbocycles. The third kappa shape index (κ3) is 3.93. The fourth-order valence-corrected chi connectivity index (χ4v) is 3.53. The lowest BCUT2D eigenvalue weighted by Gasteiger charge is -2.34. The number of nitrogens with zero attached hydrogens (tertiary/aromatic N) is 3. The van der Waals surface area contributed by atoms with E-state index in [1.54, 1.807) is 0 Å². The summed E-state index contributed by atoms with van der Waals surface area (Å²) in [5, 5.41) is 4.66. The van der Waals surface area contributed by atoms with Crippen LogP contribution in [0.4, 0.5) is 5.13 Å². The van der Waals surface area contributed by atoms with E-state index >= 15 is 0 Å². The molecule has 1 aliphatic heterocycles. The van der Waals surface area contributed by atoms with Crippen molar-refractivity contribution in [2.75, 3.05) is 37.6 Å². The molecular weight excluding hydrogens is 268 g/mol. The third-order valence-corrected chi connectivity index (χ3v) is 5.14. The first-order valence-corrected chi connectivity index (χ1v) is 8.68. The van der Waals surface area contributed by atoms with Gasteiger partial charge in [-0.1, -0.05) is 13.8 Å². The zero-order chi connectivity index (χ0) is 13.9. The number of anilines is 1. The number of piperazine rings is 1. The van der Waals surface area contributed by atoms with Crippen molar-refractivity contribution in [2.24, 2.45) is 5.92 Å². The molecule has 0 bridgehead atoms. The van der Waals surface area contributed by atoms with Gasteiger partial charge in [-0.2, -0.15) is 0 Å². The Morgan fingerprint density at radius 1 is 1.30 bits per heavy atom. The van der Waals surface area contributed by atoms with Gasteiger partial charge in [0.2, 0.25) is 0 Å². The number of aromatic nitrogens is 1. The van der Waals surface area contributed by atoms with E-state index in [1.807, 2.05) is 17.5 Å². The molecule has 0 amide bonds. The van der Waals surface area contributed by atoms with Crippen LogP contribution in [0.5, 0.6) is 0 Å². The van der Waals surface area contributed by atoms with E-state index in [0.29, 0.717) is 6.04 Å². The minimum absolute atomic E-state index is 0.534. The molecule has 1 aromatic heterocycles. The van der Waals surface area contributed by atoms with Crippen LogP contribution in [-0.2, 0) is 6.54 Å². The van der Waals surface area contributed by atoms with Crippen molar-refractivity contribution in [1.29, 1.82) is 0 Å². The summed E-state index contributed by atoms with van der Waals surface area (Å²) < 4.78 is 0. The molecule has 112 valence electrons. The van der Waals surface area contributed by atoms with Gasteiger partial charge >= 0.3 is 0 Å². The molecule has 0 unspecified atom stereocenters. The van der Waals surface area contributed by atoms with E-state index in [-0.39, 0.29) is 0 Å². The molecule has 3 rings (SSSR count). The zero-order valence-corrected chi connectivity index (χ0v) is 13.5. The average molecular weight is 294 g/mol. The Kier molecular flexibility index (Phi) is 4.58. The largest absolute Gasteiger partial charge is 0.346 e. The van der Waals surface area contributed by atoms with Gasteiger partial charge in [0, 0.05) is 56.4 Å². The standard InChI is InChI=1S/C15H26N4S/c1-12(2)16-9-14-10-17-15(20-14)19-7-5-18(6-8-19)11-13-3-4-13/h10,12-13,16H,3-9,11H2,1-2H3. The minimum Gasteiger partial charge on any atom is -0.346 e. The van der Waals surface area contributed by atoms with Gasteiger partial charge in [-0.25, -0.2) is 4.98 Å². The van der Waals surface area contributed by atoms with Crippen LogP contribution in [0.2, 0.25) is 0 Å². The van der Waals surface area contributed by atoms with Gasteiger partial charge in [0.15, 0.2) is 5.13 Å². The van der Waals surface area contributed by atoms with E-state index < -0.39 is 0 Å². The van der Waals surface area contributed by atoms with Crippen LogP contribution >= 0.6 is 11.3 Å². The quantitative estimate of drug-likeness (QED) is 0.871. The van der Waals surface area contributed by atoms with Gasteiger partial charge in [-0.3, -0.25) is 4.90 Å². The van der Waals surface area contributed by atoms with Crippen LogP contribution in [0, 0.1) is 5.92 Å². The highest BCUT2D eigenvalue weighted by molar-refractivity contribution is 7.15. The lowest BCUT2D eigenvalue weighted by molar-refractivity contribution is 0.248. The summed E-state index contributed by atoms with van der Waals surface area (Å²) in [5.74, 6) is 1.01. The number of hydrogen-bond acceptors (Lipinski definition) is 5. The van der Waals surface area contributed by atoms with Crippen LogP contribution in [0.25, 0.3) is 0 Å². The number of thiazole rings is 1. The summed E-state index contributed by atoms with van der Waals surface area (Å²) in [4.78, 5) is 11.0. The monoisotopic (exact) mass is 294 g/mol. The number of nitrogens with one attached hydrogen (secondary N) is 1. The molecule has 1 N–H and O–H groups in total. The molecule has 2 fully saturated rings. The van der Waals surface area contributed by atoms with Crippen LogP contribution in [-0.4, -0.2) is 48.6 Å². The molecule has 0 spiro atoms. The van der Waals surface area contributed by atoms with Crippen LogP contribution in [0.1, 0.15) is 31.6 Å². The van der Waals surface area contributed by atoms with Crippen molar-refractivity contribution in [3.8, 4) is 0 Å². The van der Waals surface area contributed by atoms with Gasteiger partial charge in [-0.15, -0.1) is 11.3 Å². The lowest BCUT2D eigenvalue weighted by Crippen LogP contribution is -2.47. The Hall–Kier alpha value is -0.650. The van der Waals surface area contributed by atoms with Crippen molar-refractivity contribution < 1.29 is 0 Å². The predicted molar refractivity (Wildman–Crippen MR) is 85.5 cm³/mol. The summed E-state index contributed by atoms with van der Waals surface area (Å²) >= 11 is 1.84. The topological polar surface area (TPSA) is 31.4 Å². The molecule has 0 aromatic carbocycles. The predicted octanol–water partition coefficient (Wildman–Crippen LogP) is 2.17.